The molecule has 3 rings (SSSR count). The van der Waals surface area contributed by atoms with E-state index in [0.29, 0.717) is 18.3 Å². The normalized spacial score (nSPS) is 19.5. The maximum atomic E-state index is 12.8. The Labute approximate surface area is 160 Å². The van der Waals surface area contributed by atoms with E-state index in [4.69, 9.17) is 0 Å². The number of amides is 3. The molecule has 1 fully saturated rings. The van der Waals surface area contributed by atoms with Crippen LogP contribution < -0.4 is 5.32 Å². The molecule has 0 aromatic heterocycles. The van der Waals surface area contributed by atoms with E-state index in [0.717, 1.165) is 32.2 Å². The van der Waals surface area contributed by atoms with Gasteiger partial charge in [-0.05, 0) is 24.8 Å². The zero-order valence-electron chi connectivity index (χ0n) is 16.3. The number of likely N-dealkylation sites (N-methyl/N-ethyl adjacent to an activating group) is 2. The maximum absolute atomic E-state index is 12.8. The highest BCUT2D eigenvalue weighted by Crippen LogP contribution is 2.19. The van der Waals surface area contributed by atoms with Crippen molar-refractivity contribution in [2.45, 2.75) is 38.6 Å². The topological polar surface area (TPSA) is 68.0 Å². The Hall–Kier alpha value is -2.70. The van der Waals surface area contributed by atoms with Gasteiger partial charge in [-0.3, -0.25) is 19.9 Å². The predicted octanol–water partition coefficient (Wildman–Crippen LogP) is 1.68. The fraction of sp³-hybridized carbons (Fsp3) is 0.500. The molecule has 0 saturated carbocycles. The first kappa shape index (κ1) is 19.1. The van der Waals surface area contributed by atoms with Crippen LogP contribution in [0.2, 0.25) is 0 Å². The van der Waals surface area contributed by atoms with Crippen LogP contribution in [0.3, 0.4) is 0 Å². The zero-order valence-corrected chi connectivity index (χ0v) is 16.3. The van der Waals surface area contributed by atoms with Gasteiger partial charge in [0.1, 0.15) is 0 Å². The molecule has 7 nitrogen and oxygen atoms in total. The summed E-state index contributed by atoms with van der Waals surface area (Å²) >= 11 is 0. The average Bonchev–Trinajstić information content (AvgIpc) is 3.04. The molecular formula is C20H28N5O2+. The Balaban J connectivity index is 1.79. The molecule has 27 heavy (non-hydrogen) atoms. The molecule has 1 N–H and O–H groups in total. The molecule has 7 heteroatoms. The van der Waals surface area contributed by atoms with Gasteiger partial charge in [-0.15, -0.1) is 0 Å². The third kappa shape index (κ3) is 3.86. The van der Waals surface area contributed by atoms with E-state index in [1.165, 1.54) is 22.4 Å². The summed E-state index contributed by atoms with van der Waals surface area (Å²) in [7, 11) is 3.21. The number of hydrogen-bond donors (Lipinski definition) is 1. The van der Waals surface area contributed by atoms with Gasteiger partial charge >= 0.3 is 12.0 Å². The molecular weight excluding hydrogens is 342 g/mol. The molecule has 1 atom stereocenters. The Bertz CT molecular complexity index is 772. The molecule has 1 unspecified atom stereocenters. The Morgan fingerprint density at radius 2 is 1.85 bits per heavy atom. The van der Waals surface area contributed by atoms with Gasteiger partial charge in [-0.1, -0.05) is 48.7 Å². The summed E-state index contributed by atoms with van der Waals surface area (Å²) in [6.45, 7) is 3.63. The van der Waals surface area contributed by atoms with Crippen LogP contribution in [0.4, 0.5) is 4.79 Å². The van der Waals surface area contributed by atoms with Gasteiger partial charge in [0.15, 0.2) is 0 Å². The second-order valence-electron chi connectivity index (χ2n) is 7.00. The van der Waals surface area contributed by atoms with Crippen LogP contribution in [0.25, 0.3) is 0 Å². The molecule has 2 heterocycles. The third-order valence-corrected chi connectivity index (χ3v) is 5.05. The van der Waals surface area contributed by atoms with Crippen LogP contribution in [-0.2, 0) is 11.2 Å². The lowest BCUT2D eigenvalue weighted by molar-refractivity contribution is -0.537. The summed E-state index contributed by atoms with van der Waals surface area (Å²) in [5.74, 6) is 0.991. The van der Waals surface area contributed by atoms with Gasteiger partial charge in [0, 0.05) is 14.1 Å². The van der Waals surface area contributed by atoms with E-state index in [2.05, 4.69) is 29.4 Å². The lowest BCUT2D eigenvalue weighted by Crippen LogP contribution is -2.61. The number of aryl methyl sites for hydroxylation is 1. The van der Waals surface area contributed by atoms with Crippen molar-refractivity contribution in [3.63, 3.8) is 0 Å². The first-order chi connectivity index (χ1) is 13.0. The number of imide groups is 1. The van der Waals surface area contributed by atoms with Crippen LogP contribution in [-0.4, -0.2) is 71.3 Å². The largest absolute Gasteiger partial charge is 0.390 e. The quantitative estimate of drug-likeness (QED) is 0.587. The first-order valence-corrected chi connectivity index (χ1v) is 9.59. The van der Waals surface area contributed by atoms with Gasteiger partial charge in [0.25, 0.3) is 5.91 Å². The zero-order chi connectivity index (χ0) is 19.4. The minimum atomic E-state index is -0.530. The Morgan fingerprint density at radius 1 is 1.11 bits per heavy atom. The molecule has 1 aromatic rings. The smallest absolute Gasteiger partial charge is 0.275 e. The van der Waals surface area contributed by atoms with Gasteiger partial charge in [-0.25, -0.2) is 9.37 Å². The van der Waals surface area contributed by atoms with Crippen molar-refractivity contribution >= 4 is 23.7 Å². The standard InChI is InChI=1S/C20H27N5O2/c1-4-5-13-21-19-22-17-16(18(26)24(3)20(27)23(17)2)25(19)14-9-12-15-10-7-6-8-11-15/h6-8,10-11,16H,4-5,9,12-14H2,1-3H3/p+1. The highest BCUT2D eigenvalue weighted by molar-refractivity contribution is 6.22. The number of amidine groups is 1. The lowest BCUT2D eigenvalue weighted by Gasteiger charge is -2.31. The minimum Gasteiger partial charge on any atom is -0.275 e. The van der Waals surface area contributed by atoms with Crippen molar-refractivity contribution in [2.75, 3.05) is 27.2 Å². The number of carbonyl (C=O) groups excluding carboxylic acids is 2. The fourth-order valence-electron chi connectivity index (χ4n) is 3.45. The van der Waals surface area contributed by atoms with Gasteiger partial charge in [0.05, 0.1) is 13.1 Å². The van der Waals surface area contributed by atoms with Crippen LogP contribution in [0.1, 0.15) is 31.7 Å². The number of nitrogens with zero attached hydrogens (tertiary/aromatic N) is 4. The summed E-state index contributed by atoms with van der Waals surface area (Å²) < 4.78 is 2.01. The van der Waals surface area contributed by atoms with E-state index in [9.17, 15) is 9.59 Å². The molecule has 2 aliphatic rings. The minimum absolute atomic E-state index is 0.219. The Morgan fingerprint density at radius 3 is 2.56 bits per heavy atom. The van der Waals surface area contributed by atoms with Crippen LogP contribution >= 0.6 is 0 Å². The number of aliphatic imine (C=N–C) groups is 1. The molecule has 0 radical (unpaired) electrons. The van der Waals surface area contributed by atoms with Crippen molar-refractivity contribution in [2.24, 2.45) is 4.99 Å². The molecule has 0 aliphatic carbocycles. The van der Waals surface area contributed by atoms with E-state index < -0.39 is 6.04 Å². The fourth-order valence-corrected chi connectivity index (χ4v) is 3.45. The maximum Gasteiger partial charge on any atom is 0.390 e. The molecule has 0 bridgehead atoms. The number of hydrogen-bond acceptors (Lipinski definition) is 4. The summed E-state index contributed by atoms with van der Waals surface area (Å²) in [6.07, 6.45) is 3.94. The number of urea groups is 1. The molecule has 3 amide bonds. The average molecular weight is 370 g/mol. The Kier molecular flexibility index (Phi) is 5.88. The number of carbonyl (C=O) groups is 2. The molecule has 144 valence electrons. The van der Waals surface area contributed by atoms with Crippen molar-refractivity contribution in [1.29, 1.82) is 0 Å². The number of nitrogens with one attached hydrogen (secondary N) is 1. The highest BCUT2D eigenvalue weighted by Gasteiger charge is 2.51. The number of fused-ring (bicyclic) bond motifs is 1. The van der Waals surface area contributed by atoms with E-state index in [-0.39, 0.29) is 11.9 Å². The van der Waals surface area contributed by atoms with Crippen LogP contribution in [0, 0.1) is 0 Å². The SMILES string of the molecule is CCCCNC1=[N+](CCCc2ccccc2)C2C(=O)N(C)C(=O)N(C)C2=N1. The molecule has 2 aliphatic heterocycles. The van der Waals surface area contributed by atoms with Crippen molar-refractivity contribution < 1.29 is 14.2 Å². The van der Waals surface area contributed by atoms with Crippen LogP contribution in [0.15, 0.2) is 35.3 Å². The number of guanidine groups is 1. The second kappa shape index (κ2) is 8.33. The summed E-state index contributed by atoms with van der Waals surface area (Å²) in [5.41, 5.74) is 1.28. The summed E-state index contributed by atoms with van der Waals surface area (Å²) in [5, 5.41) is 3.35. The molecule has 0 spiro atoms. The number of benzene rings is 1. The second-order valence-corrected chi connectivity index (χ2v) is 7.00. The third-order valence-electron chi connectivity index (χ3n) is 5.05. The van der Waals surface area contributed by atoms with E-state index >= 15 is 0 Å². The van der Waals surface area contributed by atoms with Crippen molar-refractivity contribution in [3.05, 3.63) is 35.9 Å². The molecule has 1 aromatic carbocycles. The predicted molar refractivity (Wildman–Crippen MR) is 105 cm³/mol. The highest BCUT2D eigenvalue weighted by atomic mass is 16.2. The van der Waals surface area contributed by atoms with E-state index in [1.807, 2.05) is 22.8 Å². The van der Waals surface area contributed by atoms with Crippen molar-refractivity contribution in [1.82, 2.24) is 15.1 Å². The van der Waals surface area contributed by atoms with E-state index in [1.54, 1.807) is 7.05 Å². The summed E-state index contributed by atoms with van der Waals surface area (Å²) in [4.78, 5) is 32.3. The first-order valence-electron chi connectivity index (χ1n) is 9.59. The number of rotatable bonds is 7. The van der Waals surface area contributed by atoms with Crippen LogP contribution in [0.5, 0.6) is 0 Å². The van der Waals surface area contributed by atoms with Gasteiger partial charge < -0.3 is 0 Å². The number of unbranched alkanes of at least 4 members (excludes halogenated alkanes) is 1. The lowest BCUT2D eigenvalue weighted by atomic mass is 10.1. The molecule has 1 saturated heterocycles. The van der Waals surface area contributed by atoms with Crippen molar-refractivity contribution in [3.8, 4) is 0 Å². The van der Waals surface area contributed by atoms with Gasteiger partial charge in [-0.2, -0.15) is 0 Å². The monoisotopic (exact) mass is 370 g/mol. The van der Waals surface area contributed by atoms with Gasteiger partial charge in [0.2, 0.25) is 11.9 Å². The summed E-state index contributed by atoms with van der Waals surface area (Å²) in [6, 6.07) is 9.44.